The Labute approximate surface area is 183 Å². The minimum absolute atomic E-state index is 0.191. The number of amides is 1. The maximum absolute atomic E-state index is 13.0. The lowest BCUT2D eigenvalue weighted by atomic mass is 9.91. The van der Waals surface area contributed by atoms with Crippen molar-refractivity contribution in [3.05, 3.63) is 28.2 Å². The number of hydrogen-bond donors (Lipinski definition) is 1. The van der Waals surface area contributed by atoms with Gasteiger partial charge in [-0.15, -0.1) is 0 Å². The van der Waals surface area contributed by atoms with Crippen molar-refractivity contribution in [2.75, 3.05) is 45.7 Å². The van der Waals surface area contributed by atoms with Crippen molar-refractivity contribution in [3.63, 3.8) is 0 Å². The lowest BCUT2D eigenvalue weighted by Crippen LogP contribution is -2.65. The second kappa shape index (κ2) is 8.53. The number of aromatic nitrogens is 1. The van der Waals surface area contributed by atoms with Crippen LogP contribution >= 0.6 is 0 Å². The van der Waals surface area contributed by atoms with Crippen LogP contribution in [-0.4, -0.2) is 78.4 Å². The summed E-state index contributed by atoms with van der Waals surface area (Å²) in [5.74, 6) is -0.504. The summed E-state index contributed by atoms with van der Waals surface area (Å²) in [6, 6.07) is 1.66. The summed E-state index contributed by atoms with van der Waals surface area (Å²) in [7, 11) is 3.41. The Balaban J connectivity index is 1.81. The van der Waals surface area contributed by atoms with Gasteiger partial charge in [-0.05, 0) is 60.7 Å². The highest BCUT2D eigenvalue weighted by atomic mass is 16.6. The molecule has 2 fully saturated rings. The van der Waals surface area contributed by atoms with Crippen LogP contribution in [0.1, 0.15) is 50.9 Å². The molecule has 0 atom stereocenters. The third-order valence-corrected chi connectivity index (χ3v) is 5.83. The number of likely N-dealkylation sites (tertiary alicyclic amines) is 2. The number of esters is 1. The monoisotopic (exact) mass is 434 g/mol. The smallest absolute Gasteiger partial charge is 0.410 e. The molecule has 1 amide bonds. The Hall–Kier alpha value is -2.55. The molecule has 0 saturated carbocycles. The summed E-state index contributed by atoms with van der Waals surface area (Å²) < 4.78 is 11.9. The summed E-state index contributed by atoms with van der Waals surface area (Å²) in [5.41, 5.74) is -0.621. The Kier molecular flexibility index (Phi) is 6.36. The lowest BCUT2D eigenvalue weighted by molar-refractivity contribution is -0.0241. The van der Waals surface area contributed by atoms with E-state index < -0.39 is 23.2 Å². The largest absolute Gasteiger partial charge is 0.465 e. The van der Waals surface area contributed by atoms with E-state index in [0.29, 0.717) is 24.3 Å². The van der Waals surface area contributed by atoms with Crippen LogP contribution in [0.3, 0.4) is 0 Å². The van der Waals surface area contributed by atoms with Crippen molar-refractivity contribution in [2.24, 2.45) is 0 Å². The van der Waals surface area contributed by atoms with E-state index >= 15 is 0 Å². The quantitative estimate of drug-likeness (QED) is 0.726. The number of rotatable bonds is 4. The van der Waals surface area contributed by atoms with E-state index in [1.165, 1.54) is 17.7 Å². The second-order valence-electron chi connectivity index (χ2n) is 9.86. The zero-order chi connectivity index (χ0) is 23.0. The van der Waals surface area contributed by atoms with Crippen LogP contribution in [0.5, 0.6) is 0 Å². The van der Waals surface area contributed by atoms with Gasteiger partial charge in [-0.1, -0.05) is 0 Å². The molecular weight excluding hydrogens is 400 g/mol. The van der Waals surface area contributed by atoms with Crippen LogP contribution in [0.2, 0.25) is 0 Å². The van der Waals surface area contributed by atoms with Crippen LogP contribution in [-0.2, 0) is 15.0 Å². The molecule has 0 spiro atoms. The Morgan fingerprint density at radius 2 is 1.81 bits per heavy atom. The van der Waals surface area contributed by atoms with Gasteiger partial charge in [-0.3, -0.25) is 4.79 Å². The molecule has 9 nitrogen and oxygen atoms in total. The molecule has 0 aromatic carbocycles. The van der Waals surface area contributed by atoms with E-state index in [9.17, 15) is 14.4 Å². The molecule has 0 unspecified atom stereocenters. The first-order valence-corrected chi connectivity index (χ1v) is 10.7. The molecule has 31 heavy (non-hydrogen) atoms. The number of ether oxygens (including phenoxy) is 2. The average Bonchev–Trinajstić information content (AvgIpc) is 2.65. The number of piperidine rings is 1. The van der Waals surface area contributed by atoms with Crippen LogP contribution in [0, 0.1) is 0 Å². The van der Waals surface area contributed by atoms with E-state index in [-0.39, 0.29) is 11.6 Å². The molecule has 3 heterocycles. The van der Waals surface area contributed by atoms with E-state index in [2.05, 4.69) is 17.3 Å². The number of nitrogens with one attached hydrogen (secondary N) is 1. The summed E-state index contributed by atoms with van der Waals surface area (Å²) in [6.45, 7) is 9.89. The molecule has 2 aliphatic heterocycles. The molecule has 0 radical (unpaired) electrons. The molecule has 2 saturated heterocycles. The molecule has 9 heteroatoms. The normalized spacial score (nSPS) is 19.5. The highest BCUT2D eigenvalue weighted by Gasteiger charge is 2.45. The van der Waals surface area contributed by atoms with Gasteiger partial charge < -0.3 is 29.2 Å². The summed E-state index contributed by atoms with van der Waals surface area (Å²) in [4.78, 5) is 41.6. The van der Waals surface area contributed by atoms with Crippen LogP contribution in [0.15, 0.2) is 17.1 Å². The van der Waals surface area contributed by atoms with Crippen LogP contribution in [0.25, 0.3) is 0 Å². The maximum Gasteiger partial charge on any atom is 0.410 e. The molecule has 0 aliphatic carbocycles. The van der Waals surface area contributed by atoms with Crippen molar-refractivity contribution >= 4 is 17.7 Å². The van der Waals surface area contributed by atoms with E-state index in [1.54, 1.807) is 11.1 Å². The number of methoxy groups -OCH3 is 1. The highest BCUT2D eigenvalue weighted by molar-refractivity contribution is 5.95. The number of hydrogen-bond acceptors (Lipinski definition) is 7. The van der Waals surface area contributed by atoms with Gasteiger partial charge in [-0.25, -0.2) is 9.59 Å². The predicted molar refractivity (Wildman–Crippen MR) is 118 cm³/mol. The van der Waals surface area contributed by atoms with E-state index in [0.717, 1.165) is 25.9 Å². The fraction of sp³-hybridized carbons (Fsp3) is 0.682. The molecule has 172 valence electrons. The lowest BCUT2D eigenvalue weighted by Gasteiger charge is -2.48. The number of anilines is 1. The fourth-order valence-electron chi connectivity index (χ4n) is 4.10. The topological polar surface area (TPSA) is 93.1 Å². The molecule has 3 rings (SSSR count). The number of pyridine rings is 1. The fourth-order valence-corrected chi connectivity index (χ4v) is 4.10. The van der Waals surface area contributed by atoms with E-state index in [1.807, 2.05) is 27.7 Å². The Morgan fingerprint density at radius 1 is 1.19 bits per heavy atom. The van der Waals surface area contributed by atoms with Crippen molar-refractivity contribution < 1.29 is 19.1 Å². The SMILES string of the molecule is COC(=O)c1cn(C2(C)CN(C(=O)OC(C)(C)C)C2)c(=O)cc1NC1CCN(C)CC1. The average molecular weight is 435 g/mol. The van der Waals surface area contributed by atoms with E-state index in [4.69, 9.17) is 9.47 Å². The molecule has 1 aromatic heterocycles. The third kappa shape index (κ3) is 5.20. The van der Waals surface area contributed by atoms with Gasteiger partial charge in [0.15, 0.2) is 0 Å². The molecule has 0 bridgehead atoms. The van der Waals surface area contributed by atoms with Gasteiger partial charge in [0.1, 0.15) is 5.60 Å². The first kappa shape index (κ1) is 23.1. The van der Waals surface area contributed by atoms with Gasteiger partial charge >= 0.3 is 12.1 Å². The molecule has 1 aromatic rings. The minimum Gasteiger partial charge on any atom is -0.465 e. The Bertz CT molecular complexity index is 890. The second-order valence-corrected chi connectivity index (χ2v) is 9.86. The summed E-state index contributed by atoms with van der Waals surface area (Å²) in [6.07, 6.45) is 3.01. The first-order valence-electron chi connectivity index (χ1n) is 10.7. The zero-order valence-electron chi connectivity index (χ0n) is 19.4. The van der Waals surface area contributed by atoms with Gasteiger partial charge in [0.25, 0.3) is 5.56 Å². The van der Waals surface area contributed by atoms with Gasteiger partial charge in [0, 0.05) is 31.4 Å². The molecule has 2 aliphatic rings. The van der Waals surface area contributed by atoms with Gasteiger partial charge in [0.05, 0.1) is 23.9 Å². The zero-order valence-corrected chi connectivity index (χ0v) is 19.4. The number of nitrogens with zero attached hydrogens (tertiary/aromatic N) is 3. The minimum atomic E-state index is -0.622. The van der Waals surface area contributed by atoms with Gasteiger partial charge in [0.2, 0.25) is 0 Å². The Morgan fingerprint density at radius 3 is 2.35 bits per heavy atom. The molecular formula is C22H34N4O5. The van der Waals surface area contributed by atoms with Crippen molar-refractivity contribution in [1.82, 2.24) is 14.4 Å². The standard InChI is InChI=1S/C22H34N4O5/c1-21(2,3)31-20(29)25-13-22(4,14-25)26-12-16(19(28)30-6)17(11-18(26)27)23-15-7-9-24(5)10-8-15/h11-12,15,23H,7-10,13-14H2,1-6H3. The number of carbonyl (C=O) groups excluding carboxylic acids is 2. The van der Waals surface area contributed by atoms with Crippen LogP contribution in [0.4, 0.5) is 10.5 Å². The highest BCUT2D eigenvalue weighted by Crippen LogP contribution is 2.30. The summed E-state index contributed by atoms with van der Waals surface area (Å²) >= 11 is 0. The van der Waals surface area contributed by atoms with Crippen molar-refractivity contribution in [1.29, 1.82) is 0 Å². The number of carbonyl (C=O) groups is 2. The van der Waals surface area contributed by atoms with Crippen molar-refractivity contribution in [2.45, 2.75) is 57.7 Å². The first-order chi connectivity index (χ1) is 14.4. The van der Waals surface area contributed by atoms with Crippen LogP contribution < -0.4 is 10.9 Å². The van der Waals surface area contributed by atoms with Crippen molar-refractivity contribution in [3.8, 4) is 0 Å². The summed E-state index contributed by atoms with van der Waals surface area (Å²) in [5, 5.41) is 3.37. The predicted octanol–water partition coefficient (Wildman–Crippen LogP) is 2.11. The molecule has 1 N–H and O–H groups in total. The van der Waals surface area contributed by atoms with Gasteiger partial charge in [-0.2, -0.15) is 0 Å². The maximum atomic E-state index is 13.0. The third-order valence-electron chi connectivity index (χ3n) is 5.83.